The van der Waals surface area contributed by atoms with Crippen LogP contribution in [-0.2, 0) is 0 Å². The molecule has 124 valence electrons. The van der Waals surface area contributed by atoms with Crippen LogP contribution in [-0.4, -0.2) is 24.2 Å². The molecular formula is C15H11Cl2N3O4. The van der Waals surface area contributed by atoms with Gasteiger partial charge in [-0.3, -0.25) is 14.9 Å². The minimum atomic E-state index is -0.547. The van der Waals surface area contributed by atoms with Crippen molar-refractivity contribution in [1.29, 1.82) is 0 Å². The van der Waals surface area contributed by atoms with Crippen LogP contribution in [0.25, 0.3) is 0 Å². The number of nitro benzene ring substituents is 1. The third-order valence-electron chi connectivity index (χ3n) is 2.95. The van der Waals surface area contributed by atoms with Crippen molar-refractivity contribution in [2.75, 3.05) is 7.11 Å². The first kappa shape index (κ1) is 17.7. The topological polar surface area (TPSA) is 93.8 Å². The monoisotopic (exact) mass is 367 g/mol. The van der Waals surface area contributed by atoms with Gasteiger partial charge in [0.05, 0.1) is 23.3 Å². The lowest BCUT2D eigenvalue weighted by Crippen LogP contribution is -2.17. The zero-order valence-corrected chi connectivity index (χ0v) is 13.8. The molecule has 24 heavy (non-hydrogen) atoms. The Labute approximate surface area is 147 Å². The van der Waals surface area contributed by atoms with Gasteiger partial charge in [0, 0.05) is 28.3 Å². The van der Waals surface area contributed by atoms with Crippen LogP contribution in [0.1, 0.15) is 15.9 Å². The molecule has 0 bridgehead atoms. The van der Waals surface area contributed by atoms with Crippen LogP contribution in [0.4, 0.5) is 5.69 Å². The lowest BCUT2D eigenvalue weighted by atomic mass is 10.2. The van der Waals surface area contributed by atoms with E-state index in [0.29, 0.717) is 21.4 Å². The third-order valence-corrected chi connectivity index (χ3v) is 3.45. The van der Waals surface area contributed by atoms with Gasteiger partial charge in [0.2, 0.25) is 0 Å². The van der Waals surface area contributed by atoms with E-state index in [9.17, 15) is 14.9 Å². The van der Waals surface area contributed by atoms with Crippen LogP contribution in [0.5, 0.6) is 5.75 Å². The molecule has 9 heteroatoms. The summed E-state index contributed by atoms with van der Waals surface area (Å²) in [5.41, 5.74) is 2.92. The predicted octanol–water partition coefficient (Wildman–Crippen LogP) is 3.67. The van der Waals surface area contributed by atoms with Gasteiger partial charge in [-0.05, 0) is 24.3 Å². The molecule has 0 spiro atoms. The number of ether oxygens (including phenoxy) is 1. The summed E-state index contributed by atoms with van der Waals surface area (Å²) in [6, 6.07) is 8.24. The summed E-state index contributed by atoms with van der Waals surface area (Å²) in [5, 5.41) is 15.1. The summed E-state index contributed by atoms with van der Waals surface area (Å²) in [5.74, 6) is -0.150. The molecule has 7 nitrogen and oxygen atoms in total. The first-order valence-corrected chi connectivity index (χ1v) is 7.29. The highest BCUT2D eigenvalue weighted by atomic mass is 35.5. The van der Waals surface area contributed by atoms with Gasteiger partial charge in [-0.15, -0.1) is 0 Å². The number of non-ortho nitro benzene ring substituents is 1. The van der Waals surface area contributed by atoms with Crippen molar-refractivity contribution in [2.45, 2.75) is 0 Å². The number of nitrogens with zero attached hydrogens (tertiary/aromatic N) is 2. The Morgan fingerprint density at radius 3 is 2.54 bits per heavy atom. The number of amides is 1. The number of hydrazone groups is 1. The summed E-state index contributed by atoms with van der Waals surface area (Å²) in [4.78, 5) is 22.0. The van der Waals surface area contributed by atoms with Gasteiger partial charge < -0.3 is 4.74 Å². The zero-order chi connectivity index (χ0) is 17.7. The van der Waals surface area contributed by atoms with Crippen LogP contribution in [0.15, 0.2) is 41.5 Å². The van der Waals surface area contributed by atoms with E-state index in [0.717, 1.165) is 0 Å². The summed E-state index contributed by atoms with van der Waals surface area (Å²) in [7, 11) is 1.45. The molecule has 1 amide bonds. The largest absolute Gasteiger partial charge is 0.495 e. The van der Waals surface area contributed by atoms with E-state index in [1.54, 1.807) is 6.07 Å². The normalized spacial score (nSPS) is 10.6. The van der Waals surface area contributed by atoms with Gasteiger partial charge in [0.1, 0.15) is 5.75 Å². The van der Waals surface area contributed by atoms with Gasteiger partial charge in [-0.25, -0.2) is 5.43 Å². The van der Waals surface area contributed by atoms with Crippen molar-refractivity contribution < 1.29 is 14.5 Å². The van der Waals surface area contributed by atoms with Gasteiger partial charge in [-0.2, -0.15) is 5.10 Å². The Balaban J connectivity index is 2.11. The number of methoxy groups -OCH3 is 1. The minimum absolute atomic E-state index is 0.103. The van der Waals surface area contributed by atoms with Gasteiger partial charge in [-0.1, -0.05) is 23.2 Å². The maximum absolute atomic E-state index is 11.9. The Morgan fingerprint density at radius 1 is 1.29 bits per heavy atom. The van der Waals surface area contributed by atoms with Crippen LogP contribution in [0.2, 0.25) is 10.0 Å². The van der Waals surface area contributed by atoms with E-state index in [1.165, 1.54) is 43.7 Å². The summed E-state index contributed by atoms with van der Waals surface area (Å²) >= 11 is 11.9. The first-order chi connectivity index (χ1) is 11.4. The number of benzene rings is 2. The number of nitro groups is 1. The van der Waals surface area contributed by atoms with E-state index >= 15 is 0 Å². The van der Waals surface area contributed by atoms with Crippen molar-refractivity contribution in [2.24, 2.45) is 5.10 Å². The van der Waals surface area contributed by atoms with Crippen LogP contribution >= 0.6 is 23.2 Å². The number of carbonyl (C=O) groups excluding carboxylic acids is 1. The van der Waals surface area contributed by atoms with Crippen LogP contribution < -0.4 is 10.2 Å². The predicted molar refractivity (Wildman–Crippen MR) is 91.2 cm³/mol. The average Bonchev–Trinajstić information content (AvgIpc) is 2.54. The maximum Gasteiger partial charge on any atom is 0.271 e. The van der Waals surface area contributed by atoms with E-state index in [1.807, 2.05) is 0 Å². The number of halogens is 2. The smallest absolute Gasteiger partial charge is 0.271 e. The lowest BCUT2D eigenvalue weighted by Gasteiger charge is -2.07. The molecule has 0 aromatic heterocycles. The summed E-state index contributed by atoms with van der Waals surface area (Å²) in [6.45, 7) is 0. The molecule has 2 rings (SSSR count). The van der Waals surface area contributed by atoms with E-state index in [2.05, 4.69) is 10.5 Å². The van der Waals surface area contributed by atoms with Gasteiger partial charge >= 0.3 is 0 Å². The van der Waals surface area contributed by atoms with Crippen molar-refractivity contribution in [3.8, 4) is 5.75 Å². The second-order valence-electron chi connectivity index (χ2n) is 4.51. The quantitative estimate of drug-likeness (QED) is 0.495. The maximum atomic E-state index is 11.9. The molecule has 0 aliphatic rings. The number of carbonyl (C=O) groups is 1. The molecular weight excluding hydrogens is 357 g/mol. The molecule has 0 atom stereocenters. The number of rotatable bonds is 5. The van der Waals surface area contributed by atoms with E-state index in [4.69, 9.17) is 27.9 Å². The molecule has 0 saturated carbocycles. The molecule has 0 aliphatic heterocycles. The fourth-order valence-corrected chi connectivity index (χ4v) is 2.44. The molecule has 2 aromatic carbocycles. The van der Waals surface area contributed by atoms with Crippen molar-refractivity contribution >= 4 is 41.0 Å². The second-order valence-corrected chi connectivity index (χ2v) is 5.36. The number of hydrogen-bond acceptors (Lipinski definition) is 5. The van der Waals surface area contributed by atoms with Crippen molar-refractivity contribution in [3.05, 3.63) is 67.7 Å². The van der Waals surface area contributed by atoms with Gasteiger partial charge in [0.15, 0.2) is 0 Å². The van der Waals surface area contributed by atoms with Crippen LogP contribution in [0.3, 0.4) is 0 Å². The fourth-order valence-electron chi connectivity index (χ4n) is 1.85. The molecule has 1 N–H and O–H groups in total. The minimum Gasteiger partial charge on any atom is -0.495 e. The molecule has 0 unspecified atom stereocenters. The molecule has 0 fully saturated rings. The highest BCUT2D eigenvalue weighted by Crippen LogP contribution is 2.31. The van der Waals surface area contributed by atoms with E-state index in [-0.39, 0.29) is 11.3 Å². The summed E-state index contributed by atoms with van der Waals surface area (Å²) < 4.78 is 5.15. The Hall–Kier alpha value is -2.64. The highest BCUT2D eigenvalue weighted by molar-refractivity contribution is 6.36. The summed E-state index contributed by atoms with van der Waals surface area (Å²) in [6.07, 6.45) is 1.33. The third kappa shape index (κ3) is 4.21. The molecule has 0 heterocycles. The Kier molecular flexibility index (Phi) is 5.73. The van der Waals surface area contributed by atoms with E-state index < -0.39 is 10.8 Å². The average molecular weight is 368 g/mol. The molecule has 0 radical (unpaired) electrons. The number of hydrogen-bond donors (Lipinski definition) is 1. The fraction of sp³-hybridized carbons (Fsp3) is 0.0667. The second kappa shape index (κ2) is 7.76. The lowest BCUT2D eigenvalue weighted by molar-refractivity contribution is -0.384. The first-order valence-electron chi connectivity index (χ1n) is 6.53. The van der Waals surface area contributed by atoms with Crippen LogP contribution in [0, 0.1) is 10.1 Å². The zero-order valence-electron chi connectivity index (χ0n) is 12.3. The Morgan fingerprint density at radius 2 is 1.96 bits per heavy atom. The molecule has 2 aromatic rings. The highest BCUT2D eigenvalue weighted by Gasteiger charge is 2.10. The molecule has 0 aliphatic carbocycles. The Bertz CT molecular complexity index is 807. The SMILES string of the molecule is COc1c(Cl)cc(Cl)cc1C=NNC(=O)c1ccc([N+](=O)[O-])cc1. The molecule has 0 saturated heterocycles. The van der Waals surface area contributed by atoms with Crippen molar-refractivity contribution in [3.63, 3.8) is 0 Å². The van der Waals surface area contributed by atoms with Crippen molar-refractivity contribution in [1.82, 2.24) is 5.43 Å². The number of nitrogens with one attached hydrogen (secondary N) is 1. The van der Waals surface area contributed by atoms with Gasteiger partial charge in [0.25, 0.3) is 11.6 Å². The standard InChI is InChI=1S/C15H11Cl2N3O4/c1-24-14-10(6-11(16)7-13(14)17)8-18-19-15(21)9-2-4-12(5-3-9)20(22)23/h2-8H,1H3,(H,19,21).